The van der Waals surface area contributed by atoms with E-state index in [0.29, 0.717) is 23.1 Å². The molecule has 1 amide bonds. The van der Waals surface area contributed by atoms with Gasteiger partial charge in [-0.25, -0.2) is 14.1 Å². The smallest absolute Gasteiger partial charge is 0.252 e. The van der Waals surface area contributed by atoms with Gasteiger partial charge in [0.05, 0.1) is 22.8 Å². The van der Waals surface area contributed by atoms with Crippen molar-refractivity contribution in [3.05, 3.63) is 83.3 Å². The van der Waals surface area contributed by atoms with Crippen LogP contribution in [0.3, 0.4) is 0 Å². The van der Waals surface area contributed by atoms with Crippen LogP contribution in [0, 0.1) is 5.82 Å². The maximum atomic E-state index is 13.3. The highest BCUT2D eigenvalue weighted by atomic mass is 19.1. The number of halogens is 1. The lowest BCUT2D eigenvalue weighted by Gasteiger charge is -2.17. The molecule has 2 heterocycles. The van der Waals surface area contributed by atoms with E-state index >= 15 is 0 Å². The molecule has 0 unspecified atom stereocenters. The summed E-state index contributed by atoms with van der Waals surface area (Å²) >= 11 is 0. The second kappa shape index (κ2) is 11.4. The predicted octanol–water partition coefficient (Wildman–Crippen LogP) is 4.40. The van der Waals surface area contributed by atoms with E-state index in [1.54, 1.807) is 18.3 Å². The summed E-state index contributed by atoms with van der Waals surface area (Å²) in [5.41, 5.74) is 4.85. The van der Waals surface area contributed by atoms with Crippen LogP contribution in [0.5, 0.6) is 0 Å². The van der Waals surface area contributed by atoms with Crippen LogP contribution in [-0.4, -0.2) is 52.8 Å². The van der Waals surface area contributed by atoms with Crippen molar-refractivity contribution >= 4 is 16.9 Å². The summed E-state index contributed by atoms with van der Waals surface area (Å²) in [6.07, 6.45) is 1.70. The number of amides is 1. The molecule has 7 nitrogen and oxygen atoms in total. The Hall–Kier alpha value is -3.62. The highest BCUT2D eigenvalue weighted by molar-refractivity contribution is 6.06. The summed E-state index contributed by atoms with van der Waals surface area (Å²) < 4.78 is 15.1. The van der Waals surface area contributed by atoms with Gasteiger partial charge in [0.2, 0.25) is 0 Å². The quantitative estimate of drug-likeness (QED) is 0.346. The Morgan fingerprint density at radius 2 is 1.89 bits per heavy atom. The minimum Gasteiger partial charge on any atom is -0.348 e. The van der Waals surface area contributed by atoms with Gasteiger partial charge in [-0.2, -0.15) is 5.10 Å². The van der Waals surface area contributed by atoms with E-state index in [9.17, 15) is 9.18 Å². The number of benzene rings is 2. The number of rotatable bonds is 10. The second-order valence-electron chi connectivity index (χ2n) is 9.33. The van der Waals surface area contributed by atoms with Crippen LogP contribution in [0.15, 0.2) is 60.8 Å². The number of hydrogen-bond acceptors (Lipinski definition) is 5. The molecule has 0 saturated heterocycles. The number of nitrogens with one attached hydrogen (secondary N) is 2. The lowest BCUT2D eigenvalue weighted by molar-refractivity contribution is 0.0952. The first-order chi connectivity index (χ1) is 17.4. The number of hydrogen-bond donors (Lipinski definition) is 2. The van der Waals surface area contributed by atoms with Crippen molar-refractivity contribution in [3.8, 4) is 11.3 Å². The zero-order chi connectivity index (χ0) is 25.7. The van der Waals surface area contributed by atoms with E-state index in [-0.39, 0.29) is 17.8 Å². The summed E-state index contributed by atoms with van der Waals surface area (Å²) in [5, 5.41) is 11.3. The molecule has 0 fully saturated rings. The number of pyridine rings is 1. The molecule has 0 aliphatic heterocycles. The summed E-state index contributed by atoms with van der Waals surface area (Å²) in [7, 11) is 4.05. The Kier molecular flexibility index (Phi) is 8.07. The van der Waals surface area contributed by atoms with E-state index in [2.05, 4.69) is 39.8 Å². The Labute approximate surface area is 211 Å². The van der Waals surface area contributed by atoms with Gasteiger partial charge in [-0.3, -0.25) is 4.79 Å². The van der Waals surface area contributed by atoms with Crippen molar-refractivity contribution in [1.82, 2.24) is 30.3 Å². The molecule has 0 saturated carbocycles. The third-order valence-corrected chi connectivity index (χ3v) is 6.09. The number of carbonyl (C=O) groups excluding carboxylic acids is 1. The molecule has 0 aliphatic carbocycles. The van der Waals surface area contributed by atoms with Crippen molar-refractivity contribution in [1.29, 1.82) is 0 Å². The fourth-order valence-electron chi connectivity index (χ4n) is 4.13. The van der Waals surface area contributed by atoms with E-state index in [0.717, 1.165) is 36.5 Å². The molecule has 8 heteroatoms. The Morgan fingerprint density at radius 3 is 2.61 bits per heavy atom. The fourth-order valence-corrected chi connectivity index (χ4v) is 4.13. The first kappa shape index (κ1) is 25.5. The van der Waals surface area contributed by atoms with Gasteiger partial charge in [0.25, 0.3) is 5.91 Å². The third kappa shape index (κ3) is 5.95. The number of fused-ring (bicyclic) bond motifs is 1. The molecule has 36 heavy (non-hydrogen) atoms. The largest absolute Gasteiger partial charge is 0.348 e. The van der Waals surface area contributed by atoms with Gasteiger partial charge in [-0.05, 0) is 63.3 Å². The average molecular weight is 489 g/mol. The van der Waals surface area contributed by atoms with E-state index < -0.39 is 0 Å². The van der Waals surface area contributed by atoms with E-state index in [1.165, 1.54) is 17.7 Å². The number of carbonyl (C=O) groups is 1. The van der Waals surface area contributed by atoms with Crippen molar-refractivity contribution in [3.63, 3.8) is 0 Å². The van der Waals surface area contributed by atoms with Crippen molar-refractivity contribution in [2.45, 2.75) is 33.0 Å². The summed E-state index contributed by atoms with van der Waals surface area (Å²) in [6.45, 7) is 7.05. The highest BCUT2D eigenvalue weighted by Crippen LogP contribution is 2.27. The maximum Gasteiger partial charge on any atom is 0.252 e. The standard InChI is InChI=1S/C28H33FN6O/c1-19(2)35-27-25(17-32-35)24(28(36)31-16-20-8-10-23(29)11-9-20)15-26(33-27)22-7-5-6-21(14-22)18-34(4)13-12-30-3/h5-11,14-15,17,19,30H,12-13,16,18H2,1-4H3,(H,31,36). The maximum absolute atomic E-state index is 13.3. The SMILES string of the molecule is CNCCN(C)Cc1cccc(-c2cc(C(=O)NCc3ccc(F)cc3)c3cnn(C(C)C)c3n2)c1. The summed E-state index contributed by atoms with van der Waals surface area (Å²) in [6, 6.07) is 16.3. The van der Waals surface area contributed by atoms with E-state index in [1.807, 2.05) is 43.8 Å². The average Bonchev–Trinajstić information content (AvgIpc) is 3.31. The minimum atomic E-state index is -0.304. The normalized spacial score (nSPS) is 11.5. The lowest BCUT2D eigenvalue weighted by Crippen LogP contribution is -2.26. The van der Waals surface area contributed by atoms with Crippen molar-refractivity contribution in [2.24, 2.45) is 0 Å². The highest BCUT2D eigenvalue weighted by Gasteiger charge is 2.19. The molecule has 188 valence electrons. The zero-order valence-corrected chi connectivity index (χ0v) is 21.3. The molecular weight excluding hydrogens is 455 g/mol. The summed E-state index contributed by atoms with van der Waals surface area (Å²) in [5.74, 6) is -0.527. The van der Waals surface area contributed by atoms with Crippen molar-refractivity contribution < 1.29 is 9.18 Å². The van der Waals surface area contributed by atoms with Crippen LogP contribution in [-0.2, 0) is 13.1 Å². The molecule has 0 radical (unpaired) electrons. The zero-order valence-electron chi connectivity index (χ0n) is 21.3. The number of likely N-dealkylation sites (N-methyl/N-ethyl adjacent to an activating group) is 2. The van der Waals surface area contributed by atoms with Gasteiger partial charge < -0.3 is 15.5 Å². The second-order valence-corrected chi connectivity index (χ2v) is 9.33. The van der Waals surface area contributed by atoms with Crippen LogP contribution in [0.4, 0.5) is 4.39 Å². The van der Waals surface area contributed by atoms with Crippen LogP contribution in [0.1, 0.15) is 41.4 Å². The molecule has 0 bridgehead atoms. The van der Waals surface area contributed by atoms with Gasteiger partial charge in [0.15, 0.2) is 5.65 Å². The number of aromatic nitrogens is 3. The molecule has 0 spiro atoms. The van der Waals surface area contributed by atoms with Crippen LogP contribution < -0.4 is 10.6 Å². The monoisotopic (exact) mass is 488 g/mol. The fraction of sp³-hybridized carbons (Fsp3) is 0.321. The number of nitrogens with zero attached hydrogens (tertiary/aromatic N) is 4. The van der Waals surface area contributed by atoms with Crippen LogP contribution in [0.25, 0.3) is 22.3 Å². The predicted molar refractivity (Wildman–Crippen MR) is 141 cm³/mol. The lowest BCUT2D eigenvalue weighted by atomic mass is 10.0. The third-order valence-electron chi connectivity index (χ3n) is 6.09. The van der Waals surface area contributed by atoms with Gasteiger partial charge in [0, 0.05) is 37.8 Å². The first-order valence-electron chi connectivity index (χ1n) is 12.2. The Bertz CT molecular complexity index is 1330. The van der Waals surface area contributed by atoms with Crippen LogP contribution in [0.2, 0.25) is 0 Å². The Balaban J connectivity index is 1.67. The molecule has 4 aromatic rings. The molecule has 2 N–H and O–H groups in total. The molecule has 2 aromatic heterocycles. The minimum absolute atomic E-state index is 0.0903. The molecule has 0 atom stereocenters. The Morgan fingerprint density at radius 1 is 1.11 bits per heavy atom. The van der Waals surface area contributed by atoms with Gasteiger partial charge in [-0.15, -0.1) is 0 Å². The van der Waals surface area contributed by atoms with Gasteiger partial charge in [0.1, 0.15) is 5.82 Å². The van der Waals surface area contributed by atoms with Crippen molar-refractivity contribution in [2.75, 3.05) is 27.2 Å². The molecule has 2 aromatic carbocycles. The topological polar surface area (TPSA) is 75.1 Å². The van der Waals surface area contributed by atoms with Gasteiger partial charge in [-0.1, -0.05) is 30.3 Å². The first-order valence-corrected chi connectivity index (χ1v) is 12.2. The molecule has 4 rings (SSSR count). The molecular formula is C28H33FN6O. The summed E-state index contributed by atoms with van der Waals surface area (Å²) in [4.78, 5) is 20.5. The van der Waals surface area contributed by atoms with E-state index in [4.69, 9.17) is 4.98 Å². The van der Waals surface area contributed by atoms with Crippen LogP contribution >= 0.6 is 0 Å². The molecule has 0 aliphatic rings. The van der Waals surface area contributed by atoms with Gasteiger partial charge >= 0.3 is 0 Å².